The van der Waals surface area contributed by atoms with E-state index >= 15 is 0 Å². The van der Waals surface area contributed by atoms with Crippen molar-refractivity contribution in [1.82, 2.24) is 5.32 Å². The first-order valence-corrected chi connectivity index (χ1v) is 6.51. The quantitative estimate of drug-likeness (QED) is 0.533. The highest BCUT2D eigenvalue weighted by Crippen LogP contribution is 2.07. The Morgan fingerprint density at radius 1 is 1.15 bits per heavy atom. The predicted octanol–water partition coefficient (Wildman–Crippen LogP) is 0.0941. The molecule has 20 heavy (non-hydrogen) atoms. The van der Waals surface area contributed by atoms with Crippen LogP contribution in [0.1, 0.15) is 18.1 Å². The Morgan fingerprint density at radius 2 is 1.70 bits per heavy atom. The second kappa shape index (κ2) is 7.79. The van der Waals surface area contributed by atoms with Gasteiger partial charge in [0, 0.05) is 6.08 Å². The van der Waals surface area contributed by atoms with E-state index in [1.54, 1.807) is 6.08 Å². The number of benzene rings is 1. The van der Waals surface area contributed by atoms with Crippen molar-refractivity contribution < 1.29 is 20.1 Å². The maximum atomic E-state index is 11.7. The molecule has 0 aliphatic carbocycles. The molecular weight excluding hydrogens is 258 g/mol. The fraction of sp³-hybridized carbons (Fsp3) is 0.400. The zero-order valence-corrected chi connectivity index (χ0v) is 11.5. The normalized spacial score (nSPS) is 11.8. The fourth-order valence-corrected chi connectivity index (χ4v) is 1.61. The first-order valence-electron chi connectivity index (χ1n) is 6.51. The van der Waals surface area contributed by atoms with E-state index < -0.39 is 31.3 Å². The molecule has 5 heteroatoms. The summed E-state index contributed by atoms with van der Waals surface area (Å²) in [5, 5.41) is 29.7. The molecular formula is C15H21NO4. The maximum absolute atomic E-state index is 11.7. The second-order valence-electron chi connectivity index (χ2n) is 4.67. The van der Waals surface area contributed by atoms with Crippen molar-refractivity contribution in [2.24, 2.45) is 0 Å². The van der Waals surface area contributed by atoms with Gasteiger partial charge in [-0.25, -0.2) is 0 Å². The van der Waals surface area contributed by atoms with Crippen molar-refractivity contribution in [2.75, 3.05) is 19.8 Å². The Balaban J connectivity index is 2.67. The third-order valence-corrected chi connectivity index (χ3v) is 3.11. The monoisotopic (exact) mass is 279 g/mol. The first kappa shape index (κ1) is 16.4. The lowest BCUT2D eigenvalue weighted by atomic mass is 10.0. The number of carbonyl (C=O) groups is 1. The summed E-state index contributed by atoms with van der Waals surface area (Å²) in [6, 6.07) is 7.77. The summed E-state index contributed by atoms with van der Waals surface area (Å²) >= 11 is 0. The van der Waals surface area contributed by atoms with Crippen molar-refractivity contribution in [2.45, 2.75) is 18.9 Å². The standard InChI is InChI=1S/C15H21NO4/c1-2-12-3-5-13(6-4-12)7-8-14(20)16-15(9-17,10-18)11-19/h3-8,17-19H,2,9-11H2,1H3,(H,16,20)/b8-7+. The summed E-state index contributed by atoms with van der Waals surface area (Å²) in [7, 11) is 0. The number of aryl methyl sites for hydroxylation is 1. The van der Waals surface area contributed by atoms with Gasteiger partial charge in [0.15, 0.2) is 0 Å². The van der Waals surface area contributed by atoms with Crippen LogP contribution >= 0.6 is 0 Å². The van der Waals surface area contributed by atoms with E-state index in [1.165, 1.54) is 11.6 Å². The van der Waals surface area contributed by atoms with E-state index in [2.05, 4.69) is 12.2 Å². The van der Waals surface area contributed by atoms with Crippen LogP contribution in [0.5, 0.6) is 0 Å². The van der Waals surface area contributed by atoms with E-state index in [1.807, 2.05) is 24.3 Å². The molecule has 1 aromatic carbocycles. The lowest BCUT2D eigenvalue weighted by Crippen LogP contribution is -2.56. The van der Waals surface area contributed by atoms with E-state index in [9.17, 15) is 4.79 Å². The van der Waals surface area contributed by atoms with Gasteiger partial charge in [-0.1, -0.05) is 31.2 Å². The van der Waals surface area contributed by atoms with Crippen molar-refractivity contribution in [1.29, 1.82) is 0 Å². The second-order valence-corrected chi connectivity index (χ2v) is 4.67. The highest BCUT2D eigenvalue weighted by atomic mass is 16.3. The third kappa shape index (κ3) is 4.45. The Bertz CT molecular complexity index is 441. The van der Waals surface area contributed by atoms with Crippen LogP contribution in [0.3, 0.4) is 0 Å². The zero-order chi connectivity index (χ0) is 15.0. The predicted molar refractivity (Wildman–Crippen MR) is 77.0 cm³/mol. The molecule has 1 amide bonds. The number of hydrogen-bond acceptors (Lipinski definition) is 4. The minimum atomic E-state index is -1.40. The van der Waals surface area contributed by atoms with Gasteiger partial charge < -0.3 is 20.6 Å². The molecule has 0 atom stereocenters. The molecule has 0 aliphatic rings. The average Bonchev–Trinajstić information content (AvgIpc) is 2.51. The molecule has 0 radical (unpaired) electrons. The van der Waals surface area contributed by atoms with E-state index in [4.69, 9.17) is 15.3 Å². The zero-order valence-electron chi connectivity index (χ0n) is 11.5. The first-order chi connectivity index (χ1) is 9.59. The minimum Gasteiger partial charge on any atom is -0.394 e. The molecule has 110 valence electrons. The Morgan fingerprint density at radius 3 is 2.15 bits per heavy atom. The average molecular weight is 279 g/mol. The maximum Gasteiger partial charge on any atom is 0.244 e. The number of rotatable bonds is 7. The van der Waals surface area contributed by atoms with Crippen molar-refractivity contribution >= 4 is 12.0 Å². The largest absolute Gasteiger partial charge is 0.394 e. The molecule has 0 bridgehead atoms. The summed E-state index contributed by atoms with van der Waals surface area (Å²) < 4.78 is 0. The van der Waals surface area contributed by atoms with Crippen LogP contribution < -0.4 is 5.32 Å². The molecule has 1 rings (SSSR count). The van der Waals surface area contributed by atoms with Gasteiger partial charge in [0.1, 0.15) is 5.54 Å². The highest BCUT2D eigenvalue weighted by molar-refractivity contribution is 5.92. The molecule has 0 saturated carbocycles. The molecule has 0 saturated heterocycles. The van der Waals surface area contributed by atoms with Crippen LogP contribution in [0.2, 0.25) is 0 Å². The molecule has 0 aliphatic heterocycles. The third-order valence-electron chi connectivity index (χ3n) is 3.11. The van der Waals surface area contributed by atoms with Crippen molar-refractivity contribution in [3.05, 3.63) is 41.5 Å². The summed E-state index contributed by atoms with van der Waals surface area (Å²) in [4.78, 5) is 11.7. The Labute approximate surface area is 118 Å². The van der Waals surface area contributed by atoms with Gasteiger partial charge in [0.25, 0.3) is 0 Å². The molecule has 5 nitrogen and oxygen atoms in total. The van der Waals surface area contributed by atoms with E-state index in [-0.39, 0.29) is 0 Å². The lowest BCUT2D eigenvalue weighted by Gasteiger charge is -2.27. The summed E-state index contributed by atoms with van der Waals surface area (Å²) in [5.41, 5.74) is 0.694. The van der Waals surface area contributed by atoms with E-state index in [0.717, 1.165) is 12.0 Å². The van der Waals surface area contributed by atoms with Crippen LogP contribution in [0.15, 0.2) is 30.3 Å². The van der Waals surface area contributed by atoms with Crippen LogP contribution in [0, 0.1) is 0 Å². The number of amides is 1. The van der Waals surface area contributed by atoms with E-state index in [0.29, 0.717) is 0 Å². The number of carbonyl (C=O) groups excluding carboxylic acids is 1. The van der Waals surface area contributed by atoms with Gasteiger partial charge in [0.05, 0.1) is 19.8 Å². The molecule has 0 spiro atoms. The van der Waals surface area contributed by atoms with Crippen LogP contribution in [-0.2, 0) is 11.2 Å². The van der Waals surface area contributed by atoms with Crippen molar-refractivity contribution in [3.8, 4) is 0 Å². The Hall–Kier alpha value is -1.69. The number of aliphatic hydroxyl groups excluding tert-OH is 3. The Kier molecular flexibility index (Phi) is 6.38. The molecule has 4 N–H and O–H groups in total. The minimum absolute atomic E-state index is 0.485. The van der Waals surface area contributed by atoms with Crippen LogP contribution in [0.25, 0.3) is 6.08 Å². The SMILES string of the molecule is CCc1ccc(/C=C/C(=O)NC(CO)(CO)CO)cc1. The fourth-order valence-electron chi connectivity index (χ4n) is 1.61. The summed E-state index contributed by atoms with van der Waals surface area (Å²) in [6.07, 6.45) is 3.89. The van der Waals surface area contributed by atoms with Gasteiger partial charge >= 0.3 is 0 Å². The lowest BCUT2D eigenvalue weighted by molar-refractivity contribution is -0.120. The molecule has 0 aromatic heterocycles. The topological polar surface area (TPSA) is 89.8 Å². The van der Waals surface area contributed by atoms with Gasteiger partial charge in [-0.15, -0.1) is 0 Å². The van der Waals surface area contributed by atoms with Gasteiger partial charge in [-0.2, -0.15) is 0 Å². The smallest absolute Gasteiger partial charge is 0.244 e. The van der Waals surface area contributed by atoms with Crippen LogP contribution in [-0.4, -0.2) is 46.6 Å². The number of nitrogens with one attached hydrogen (secondary N) is 1. The highest BCUT2D eigenvalue weighted by Gasteiger charge is 2.29. The van der Waals surface area contributed by atoms with Gasteiger partial charge in [-0.05, 0) is 23.6 Å². The molecule has 1 aromatic rings. The molecule has 0 unspecified atom stereocenters. The number of hydrogen-bond donors (Lipinski definition) is 4. The summed E-state index contributed by atoms with van der Waals surface area (Å²) in [5.74, 6) is -0.485. The van der Waals surface area contributed by atoms with Crippen molar-refractivity contribution in [3.63, 3.8) is 0 Å². The molecule has 0 heterocycles. The molecule has 0 fully saturated rings. The summed E-state index contributed by atoms with van der Waals surface area (Å²) in [6.45, 7) is 0.455. The van der Waals surface area contributed by atoms with Gasteiger partial charge in [0.2, 0.25) is 5.91 Å². The number of aliphatic hydroxyl groups is 3. The van der Waals surface area contributed by atoms with Crippen LogP contribution in [0.4, 0.5) is 0 Å². The van der Waals surface area contributed by atoms with Gasteiger partial charge in [-0.3, -0.25) is 4.79 Å².